The molecule has 2 aromatic rings. The van der Waals surface area contributed by atoms with Crippen LogP contribution in [0.5, 0.6) is 5.75 Å². The number of ether oxygens (including phenoxy) is 1. The summed E-state index contributed by atoms with van der Waals surface area (Å²) in [5, 5.41) is 9.00. The Bertz CT molecular complexity index is 492. The molecular weight excluding hydrogens is 224 g/mol. The minimum Gasteiger partial charge on any atom is -0.489 e. The summed E-state index contributed by atoms with van der Waals surface area (Å²) < 4.78 is 5.83. The Morgan fingerprint density at radius 2 is 1.78 bits per heavy atom. The van der Waals surface area contributed by atoms with Gasteiger partial charge in [0.1, 0.15) is 12.4 Å². The Balaban J connectivity index is 2.08. The summed E-state index contributed by atoms with van der Waals surface area (Å²) in [6.45, 7) is 2.78. The topological polar surface area (TPSA) is 29.5 Å². The van der Waals surface area contributed by atoms with E-state index in [1.54, 1.807) is 0 Å². The molecule has 0 spiro atoms. The molecule has 2 heteroatoms. The van der Waals surface area contributed by atoms with Gasteiger partial charge in [-0.15, -0.1) is 0 Å². The third kappa shape index (κ3) is 3.11. The first-order chi connectivity index (χ1) is 8.81. The van der Waals surface area contributed by atoms with E-state index >= 15 is 0 Å². The normalized spacial score (nSPS) is 10.3. The zero-order valence-corrected chi connectivity index (χ0v) is 10.6. The highest BCUT2D eigenvalue weighted by Crippen LogP contribution is 2.22. The van der Waals surface area contributed by atoms with Gasteiger partial charge in [-0.25, -0.2) is 0 Å². The highest BCUT2D eigenvalue weighted by atomic mass is 16.5. The van der Waals surface area contributed by atoms with Gasteiger partial charge in [0.2, 0.25) is 0 Å². The van der Waals surface area contributed by atoms with Gasteiger partial charge < -0.3 is 9.84 Å². The molecule has 0 amide bonds. The number of rotatable bonds is 5. The second kappa shape index (κ2) is 6.22. The molecule has 0 aromatic heterocycles. The number of aliphatic hydroxyl groups excluding tert-OH is 1. The van der Waals surface area contributed by atoms with Crippen LogP contribution in [-0.2, 0) is 13.0 Å². The third-order valence-corrected chi connectivity index (χ3v) is 3.01. The van der Waals surface area contributed by atoms with Crippen molar-refractivity contribution in [2.24, 2.45) is 0 Å². The molecule has 0 aliphatic heterocycles. The first-order valence-electron chi connectivity index (χ1n) is 6.17. The molecule has 0 fully saturated rings. The van der Waals surface area contributed by atoms with Crippen molar-refractivity contribution in [3.8, 4) is 5.75 Å². The van der Waals surface area contributed by atoms with Crippen molar-refractivity contribution < 1.29 is 9.84 Å². The second-order valence-electron chi connectivity index (χ2n) is 4.29. The molecule has 0 bridgehead atoms. The summed E-state index contributed by atoms with van der Waals surface area (Å²) in [6, 6.07) is 16.1. The molecule has 1 N–H and O–H groups in total. The zero-order chi connectivity index (χ0) is 12.8. The molecule has 94 valence electrons. The lowest BCUT2D eigenvalue weighted by atomic mass is 10.1. The van der Waals surface area contributed by atoms with E-state index < -0.39 is 0 Å². The van der Waals surface area contributed by atoms with Crippen molar-refractivity contribution in [3.63, 3.8) is 0 Å². The van der Waals surface area contributed by atoms with E-state index in [1.165, 1.54) is 0 Å². The van der Waals surface area contributed by atoms with E-state index in [9.17, 15) is 0 Å². The maximum Gasteiger partial charge on any atom is 0.122 e. The van der Waals surface area contributed by atoms with E-state index in [4.69, 9.17) is 9.84 Å². The van der Waals surface area contributed by atoms with Gasteiger partial charge in [0.05, 0.1) is 0 Å². The van der Waals surface area contributed by atoms with Crippen molar-refractivity contribution in [3.05, 3.63) is 65.2 Å². The Hall–Kier alpha value is -1.80. The molecule has 0 heterocycles. The van der Waals surface area contributed by atoms with Crippen LogP contribution in [0.3, 0.4) is 0 Å². The largest absolute Gasteiger partial charge is 0.489 e. The molecular formula is C16H18O2. The standard InChI is InChI=1S/C16H18O2/c1-13-15(10-11-17)8-5-9-16(13)18-12-14-6-3-2-4-7-14/h2-9,17H,10-12H2,1H3. The summed E-state index contributed by atoms with van der Waals surface area (Å²) in [5.74, 6) is 0.893. The van der Waals surface area contributed by atoms with Crippen LogP contribution in [-0.4, -0.2) is 11.7 Å². The fourth-order valence-corrected chi connectivity index (χ4v) is 1.94. The third-order valence-electron chi connectivity index (χ3n) is 3.01. The van der Waals surface area contributed by atoms with Crippen LogP contribution in [0, 0.1) is 6.92 Å². The molecule has 0 atom stereocenters. The van der Waals surface area contributed by atoms with Crippen molar-refractivity contribution in [1.82, 2.24) is 0 Å². The second-order valence-corrected chi connectivity index (χ2v) is 4.29. The fraction of sp³-hybridized carbons (Fsp3) is 0.250. The van der Waals surface area contributed by atoms with Gasteiger partial charge in [-0.3, -0.25) is 0 Å². The SMILES string of the molecule is Cc1c(CCO)cccc1OCc1ccccc1. The van der Waals surface area contributed by atoms with Crippen LogP contribution in [0.1, 0.15) is 16.7 Å². The molecule has 0 aliphatic rings. The predicted octanol–water partition coefficient (Wildman–Crippen LogP) is 3.11. The van der Waals surface area contributed by atoms with Gasteiger partial charge in [-0.05, 0) is 36.1 Å². The molecule has 0 aliphatic carbocycles. The maximum absolute atomic E-state index is 9.00. The minimum absolute atomic E-state index is 0.170. The molecule has 2 nitrogen and oxygen atoms in total. The van der Waals surface area contributed by atoms with E-state index in [1.807, 2.05) is 55.5 Å². The van der Waals surface area contributed by atoms with Gasteiger partial charge >= 0.3 is 0 Å². The molecule has 0 saturated carbocycles. The maximum atomic E-state index is 9.00. The Kier molecular flexibility index (Phi) is 4.37. The molecule has 0 saturated heterocycles. The van der Waals surface area contributed by atoms with Crippen LogP contribution in [0.4, 0.5) is 0 Å². The van der Waals surface area contributed by atoms with E-state index in [-0.39, 0.29) is 6.61 Å². The lowest BCUT2D eigenvalue weighted by Gasteiger charge is -2.12. The van der Waals surface area contributed by atoms with Crippen molar-refractivity contribution in [1.29, 1.82) is 0 Å². The molecule has 2 rings (SSSR count). The van der Waals surface area contributed by atoms with Gasteiger partial charge in [0.25, 0.3) is 0 Å². The number of benzene rings is 2. The van der Waals surface area contributed by atoms with Crippen molar-refractivity contribution >= 4 is 0 Å². The van der Waals surface area contributed by atoms with Crippen LogP contribution >= 0.6 is 0 Å². The molecule has 0 radical (unpaired) electrons. The van der Waals surface area contributed by atoms with Crippen LogP contribution in [0.15, 0.2) is 48.5 Å². The van der Waals surface area contributed by atoms with Gasteiger partial charge in [-0.1, -0.05) is 42.5 Å². The Morgan fingerprint density at radius 1 is 1.00 bits per heavy atom. The van der Waals surface area contributed by atoms with E-state index in [2.05, 4.69) is 0 Å². The monoisotopic (exact) mass is 242 g/mol. The smallest absolute Gasteiger partial charge is 0.122 e. The van der Waals surface area contributed by atoms with Crippen LogP contribution in [0.2, 0.25) is 0 Å². The summed E-state index contributed by atoms with van der Waals surface area (Å²) in [7, 11) is 0. The average Bonchev–Trinajstić information content (AvgIpc) is 2.41. The van der Waals surface area contributed by atoms with Crippen molar-refractivity contribution in [2.45, 2.75) is 20.0 Å². The summed E-state index contributed by atoms with van der Waals surface area (Å²) >= 11 is 0. The quantitative estimate of drug-likeness (QED) is 0.873. The Labute approximate surface area is 108 Å². The molecule has 0 unspecified atom stereocenters. The lowest BCUT2D eigenvalue weighted by molar-refractivity contribution is 0.295. The van der Waals surface area contributed by atoms with Crippen LogP contribution in [0.25, 0.3) is 0 Å². The number of aliphatic hydroxyl groups is 1. The highest BCUT2D eigenvalue weighted by Gasteiger charge is 2.04. The number of hydrogen-bond acceptors (Lipinski definition) is 2. The molecule has 18 heavy (non-hydrogen) atoms. The first-order valence-corrected chi connectivity index (χ1v) is 6.17. The number of hydrogen-bond donors (Lipinski definition) is 1. The predicted molar refractivity (Wildman–Crippen MR) is 72.7 cm³/mol. The summed E-state index contributed by atoms with van der Waals surface area (Å²) in [4.78, 5) is 0. The van der Waals surface area contributed by atoms with E-state index in [0.717, 1.165) is 22.4 Å². The minimum atomic E-state index is 0.170. The van der Waals surface area contributed by atoms with Crippen LogP contribution < -0.4 is 4.74 Å². The highest BCUT2D eigenvalue weighted by molar-refractivity contribution is 5.39. The molecule has 2 aromatic carbocycles. The van der Waals surface area contributed by atoms with Gasteiger partial charge in [0, 0.05) is 6.61 Å². The lowest BCUT2D eigenvalue weighted by Crippen LogP contribution is -2.00. The Morgan fingerprint density at radius 3 is 2.50 bits per heavy atom. The average molecular weight is 242 g/mol. The summed E-state index contributed by atoms with van der Waals surface area (Å²) in [6.07, 6.45) is 0.675. The van der Waals surface area contributed by atoms with Crippen molar-refractivity contribution in [2.75, 3.05) is 6.61 Å². The van der Waals surface area contributed by atoms with E-state index in [0.29, 0.717) is 13.0 Å². The fourth-order valence-electron chi connectivity index (χ4n) is 1.94. The van der Waals surface area contributed by atoms with Gasteiger partial charge in [-0.2, -0.15) is 0 Å². The summed E-state index contributed by atoms with van der Waals surface area (Å²) in [5.41, 5.74) is 3.41. The zero-order valence-electron chi connectivity index (χ0n) is 10.6. The van der Waals surface area contributed by atoms with Gasteiger partial charge in [0.15, 0.2) is 0 Å². The first kappa shape index (κ1) is 12.7.